The van der Waals surface area contributed by atoms with Crippen molar-refractivity contribution in [3.05, 3.63) is 71.0 Å². The number of hydrogen-bond acceptors (Lipinski definition) is 2. The Hall–Kier alpha value is -2.27. The number of halogens is 2. The summed E-state index contributed by atoms with van der Waals surface area (Å²) in [6.45, 7) is 2.08. The van der Waals surface area contributed by atoms with Gasteiger partial charge in [0.2, 0.25) is 0 Å². The molecule has 1 unspecified atom stereocenters. The zero-order valence-corrected chi connectivity index (χ0v) is 13.9. The fraction of sp³-hybridized carbons (Fsp3) is 0.350. The number of benzene rings is 2. The van der Waals surface area contributed by atoms with Crippen LogP contribution in [0.3, 0.4) is 0 Å². The lowest BCUT2D eigenvalue weighted by atomic mass is 9.88. The standard InChI is InChI=1S/C20H21F2NO2/c21-18-7-2-1-6-17(18)19(22)15-8-10-23(11-9-15)13-14-4-3-5-16(12-14)20(24)25/h1-7,12,15,19H,8-11,13H2,(H,24,25). The number of piperidine rings is 1. The topological polar surface area (TPSA) is 40.5 Å². The number of aromatic carboxylic acids is 1. The zero-order chi connectivity index (χ0) is 17.8. The van der Waals surface area contributed by atoms with Gasteiger partial charge in [-0.25, -0.2) is 13.6 Å². The van der Waals surface area contributed by atoms with Crippen LogP contribution in [-0.2, 0) is 6.54 Å². The first-order valence-electron chi connectivity index (χ1n) is 8.47. The van der Waals surface area contributed by atoms with Crippen molar-refractivity contribution in [1.29, 1.82) is 0 Å². The molecule has 0 radical (unpaired) electrons. The maximum atomic E-state index is 14.7. The van der Waals surface area contributed by atoms with Crippen LogP contribution in [0.2, 0.25) is 0 Å². The van der Waals surface area contributed by atoms with Crippen LogP contribution in [0.5, 0.6) is 0 Å². The van der Waals surface area contributed by atoms with Gasteiger partial charge in [0.15, 0.2) is 0 Å². The number of carbonyl (C=O) groups is 1. The molecule has 3 rings (SSSR count). The third-order valence-corrected chi connectivity index (χ3v) is 4.83. The highest BCUT2D eigenvalue weighted by molar-refractivity contribution is 5.87. The first kappa shape index (κ1) is 17.5. The van der Waals surface area contributed by atoms with Crippen LogP contribution in [0, 0.1) is 11.7 Å². The van der Waals surface area contributed by atoms with Gasteiger partial charge in [-0.2, -0.15) is 0 Å². The molecule has 0 amide bonds. The highest BCUT2D eigenvalue weighted by Crippen LogP contribution is 2.35. The fourth-order valence-corrected chi connectivity index (χ4v) is 3.42. The average Bonchev–Trinajstić information content (AvgIpc) is 2.62. The van der Waals surface area contributed by atoms with Gasteiger partial charge in [-0.05, 0) is 55.6 Å². The van der Waals surface area contributed by atoms with E-state index in [-0.39, 0.29) is 17.0 Å². The summed E-state index contributed by atoms with van der Waals surface area (Å²) in [4.78, 5) is 13.2. The first-order valence-corrected chi connectivity index (χ1v) is 8.47. The van der Waals surface area contributed by atoms with Gasteiger partial charge in [0.1, 0.15) is 12.0 Å². The lowest BCUT2D eigenvalue weighted by molar-refractivity contribution is 0.0696. The van der Waals surface area contributed by atoms with E-state index in [4.69, 9.17) is 5.11 Å². The fourth-order valence-electron chi connectivity index (χ4n) is 3.42. The van der Waals surface area contributed by atoms with E-state index in [0.717, 1.165) is 18.7 Å². The molecule has 25 heavy (non-hydrogen) atoms. The van der Waals surface area contributed by atoms with Crippen LogP contribution in [0.1, 0.15) is 40.5 Å². The number of likely N-dealkylation sites (tertiary alicyclic amines) is 1. The number of alkyl halides is 1. The minimum Gasteiger partial charge on any atom is -0.478 e. The summed E-state index contributed by atoms with van der Waals surface area (Å²) in [5.41, 5.74) is 1.36. The van der Waals surface area contributed by atoms with Gasteiger partial charge in [0, 0.05) is 12.1 Å². The molecular weight excluding hydrogens is 324 g/mol. The number of carboxylic acid groups (broad SMARTS) is 1. The maximum absolute atomic E-state index is 14.7. The van der Waals surface area contributed by atoms with E-state index in [1.807, 2.05) is 6.07 Å². The van der Waals surface area contributed by atoms with Crippen molar-refractivity contribution in [2.75, 3.05) is 13.1 Å². The minimum absolute atomic E-state index is 0.148. The predicted molar refractivity (Wildman–Crippen MR) is 91.7 cm³/mol. The molecule has 2 aromatic rings. The van der Waals surface area contributed by atoms with Crippen LogP contribution < -0.4 is 0 Å². The molecule has 1 aliphatic rings. The second kappa shape index (κ2) is 7.74. The molecule has 0 spiro atoms. The number of nitrogens with zero attached hydrogens (tertiary/aromatic N) is 1. The van der Waals surface area contributed by atoms with Crippen LogP contribution in [0.15, 0.2) is 48.5 Å². The normalized spacial score (nSPS) is 17.4. The Labute approximate surface area is 145 Å². The second-order valence-electron chi connectivity index (χ2n) is 6.54. The molecule has 1 heterocycles. The third-order valence-electron chi connectivity index (χ3n) is 4.83. The van der Waals surface area contributed by atoms with Gasteiger partial charge in [-0.15, -0.1) is 0 Å². The Bertz CT molecular complexity index is 742. The lowest BCUT2D eigenvalue weighted by Gasteiger charge is -2.33. The van der Waals surface area contributed by atoms with Crippen LogP contribution in [0.25, 0.3) is 0 Å². The molecule has 5 heteroatoms. The Morgan fingerprint density at radius 1 is 1.16 bits per heavy atom. The first-order chi connectivity index (χ1) is 12.0. The second-order valence-corrected chi connectivity index (χ2v) is 6.54. The molecule has 1 N–H and O–H groups in total. The molecule has 3 nitrogen and oxygen atoms in total. The Morgan fingerprint density at radius 2 is 1.88 bits per heavy atom. The lowest BCUT2D eigenvalue weighted by Crippen LogP contribution is -2.34. The summed E-state index contributed by atoms with van der Waals surface area (Å²) in [5, 5.41) is 9.06. The van der Waals surface area contributed by atoms with E-state index in [1.165, 1.54) is 12.1 Å². The SMILES string of the molecule is O=C(O)c1cccc(CN2CCC(C(F)c3ccccc3F)CC2)c1. The smallest absolute Gasteiger partial charge is 0.335 e. The summed E-state index contributed by atoms with van der Waals surface area (Å²) in [7, 11) is 0. The molecule has 1 aliphatic heterocycles. The Balaban J connectivity index is 1.58. The van der Waals surface area contributed by atoms with Crippen LogP contribution in [-0.4, -0.2) is 29.1 Å². The van der Waals surface area contributed by atoms with Crippen molar-refractivity contribution in [2.24, 2.45) is 5.92 Å². The molecular formula is C20H21F2NO2. The third kappa shape index (κ3) is 4.23. The summed E-state index contributed by atoms with van der Waals surface area (Å²) in [6.07, 6.45) is 0.0427. The molecule has 1 saturated heterocycles. The molecule has 0 bridgehead atoms. The van der Waals surface area contributed by atoms with Crippen molar-refractivity contribution in [3.63, 3.8) is 0 Å². The van der Waals surface area contributed by atoms with E-state index >= 15 is 0 Å². The minimum atomic E-state index is -1.28. The van der Waals surface area contributed by atoms with E-state index in [2.05, 4.69) is 4.90 Å². The highest BCUT2D eigenvalue weighted by atomic mass is 19.1. The van der Waals surface area contributed by atoms with Gasteiger partial charge < -0.3 is 5.11 Å². The Kier molecular flexibility index (Phi) is 5.43. The van der Waals surface area contributed by atoms with Crippen LogP contribution >= 0.6 is 0 Å². The van der Waals surface area contributed by atoms with Gasteiger partial charge in [-0.1, -0.05) is 30.3 Å². The van der Waals surface area contributed by atoms with Crippen LogP contribution in [0.4, 0.5) is 8.78 Å². The number of rotatable bonds is 5. The van der Waals surface area contributed by atoms with E-state index in [9.17, 15) is 13.6 Å². The van der Waals surface area contributed by atoms with Crippen molar-refractivity contribution < 1.29 is 18.7 Å². The summed E-state index contributed by atoms with van der Waals surface area (Å²) < 4.78 is 28.4. The Morgan fingerprint density at radius 3 is 2.56 bits per heavy atom. The van der Waals surface area contributed by atoms with Gasteiger partial charge in [0.25, 0.3) is 0 Å². The van der Waals surface area contributed by atoms with Gasteiger partial charge >= 0.3 is 5.97 Å². The maximum Gasteiger partial charge on any atom is 0.335 e. The molecule has 1 atom stereocenters. The zero-order valence-electron chi connectivity index (χ0n) is 13.9. The average molecular weight is 345 g/mol. The highest BCUT2D eigenvalue weighted by Gasteiger charge is 2.29. The predicted octanol–water partition coefficient (Wildman–Crippen LogP) is 4.45. The van der Waals surface area contributed by atoms with Crippen molar-refractivity contribution >= 4 is 5.97 Å². The van der Waals surface area contributed by atoms with Crippen molar-refractivity contribution in [3.8, 4) is 0 Å². The monoisotopic (exact) mass is 345 g/mol. The number of hydrogen-bond donors (Lipinski definition) is 1. The molecule has 0 aromatic heterocycles. The number of carboxylic acids is 1. The summed E-state index contributed by atoms with van der Waals surface area (Å²) in [5.74, 6) is -1.60. The van der Waals surface area contributed by atoms with Crippen molar-refractivity contribution in [2.45, 2.75) is 25.6 Å². The van der Waals surface area contributed by atoms with E-state index < -0.39 is 18.0 Å². The summed E-state index contributed by atoms with van der Waals surface area (Å²) in [6, 6.07) is 12.9. The molecule has 0 aliphatic carbocycles. The molecule has 132 valence electrons. The summed E-state index contributed by atoms with van der Waals surface area (Å²) >= 11 is 0. The van der Waals surface area contributed by atoms with E-state index in [0.29, 0.717) is 19.4 Å². The molecule has 1 fully saturated rings. The largest absolute Gasteiger partial charge is 0.478 e. The van der Waals surface area contributed by atoms with Gasteiger partial charge in [0.05, 0.1) is 5.56 Å². The van der Waals surface area contributed by atoms with E-state index in [1.54, 1.807) is 30.3 Å². The van der Waals surface area contributed by atoms with Crippen molar-refractivity contribution in [1.82, 2.24) is 4.90 Å². The molecule has 2 aromatic carbocycles. The quantitative estimate of drug-likeness (QED) is 0.870. The molecule has 0 saturated carbocycles. The van der Waals surface area contributed by atoms with Gasteiger partial charge in [-0.3, -0.25) is 4.90 Å².